The molecule has 0 N–H and O–H groups in total. The molecule has 0 fully saturated rings. The molecule has 0 aromatic rings. The van der Waals surface area contributed by atoms with Crippen molar-refractivity contribution in [3.05, 3.63) is 24.8 Å². The largest absolute Gasteiger partial charge is 0.397 e. The standard InChI is InChI=1S/C15H25OSi/c1-9-15(8,11-10-12(2)3)16-17(13(4)5)14(6)7/h9,13-14H,1-2H2,3-8H3. The third-order valence-corrected chi connectivity index (χ3v) is 5.32. The highest BCUT2D eigenvalue weighted by Gasteiger charge is 2.30. The van der Waals surface area contributed by atoms with Crippen LogP contribution in [0.2, 0.25) is 11.1 Å². The zero-order chi connectivity index (χ0) is 13.6. The summed E-state index contributed by atoms with van der Waals surface area (Å²) in [5, 5.41) is 0. The molecule has 0 amide bonds. The summed E-state index contributed by atoms with van der Waals surface area (Å²) in [4.78, 5) is 0. The van der Waals surface area contributed by atoms with Crippen molar-refractivity contribution in [3.8, 4) is 11.8 Å². The second-order valence-corrected chi connectivity index (χ2v) is 8.47. The molecule has 1 atom stereocenters. The first-order valence-electron chi connectivity index (χ1n) is 6.10. The maximum atomic E-state index is 6.23. The van der Waals surface area contributed by atoms with Gasteiger partial charge in [-0.3, -0.25) is 0 Å². The van der Waals surface area contributed by atoms with Crippen LogP contribution in [0, 0.1) is 11.8 Å². The van der Waals surface area contributed by atoms with E-state index < -0.39 is 14.6 Å². The zero-order valence-electron chi connectivity index (χ0n) is 12.1. The molecule has 0 saturated heterocycles. The van der Waals surface area contributed by atoms with Gasteiger partial charge in [-0.05, 0) is 36.6 Å². The van der Waals surface area contributed by atoms with Gasteiger partial charge in [-0.15, -0.1) is 0 Å². The topological polar surface area (TPSA) is 9.23 Å². The normalized spacial score (nSPS) is 14.4. The molecular weight excluding hydrogens is 224 g/mol. The van der Waals surface area contributed by atoms with Gasteiger partial charge in [-0.1, -0.05) is 52.7 Å². The van der Waals surface area contributed by atoms with Gasteiger partial charge in [0.2, 0.25) is 9.04 Å². The summed E-state index contributed by atoms with van der Waals surface area (Å²) in [5.74, 6) is 6.12. The Balaban J connectivity index is 4.96. The predicted octanol–water partition coefficient (Wildman–Crippen LogP) is 4.34. The van der Waals surface area contributed by atoms with Crippen LogP contribution in [0.1, 0.15) is 41.5 Å². The van der Waals surface area contributed by atoms with Crippen LogP contribution in [0.25, 0.3) is 0 Å². The summed E-state index contributed by atoms with van der Waals surface area (Å²) >= 11 is 0. The molecule has 0 aliphatic carbocycles. The molecule has 0 aromatic carbocycles. The molecule has 95 valence electrons. The quantitative estimate of drug-likeness (QED) is 0.400. The van der Waals surface area contributed by atoms with Gasteiger partial charge in [-0.25, -0.2) is 0 Å². The maximum absolute atomic E-state index is 6.23. The fraction of sp³-hybridized carbons (Fsp3) is 0.600. The van der Waals surface area contributed by atoms with Crippen molar-refractivity contribution in [1.29, 1.82) is 0 Å². The van der Waals surface area contributed by atoms with Crippen molar-refractivity contribution in [3.63, 3.8) is 0 Å². The van der Waals surface area contributed by atoms with E-state index in [1.165, 1.54) is 0 Å². The number of rotatable bonds is 5. The molecule has 0 aromatic heterocycles. The van der Waals surface area contributed by atoms with Gasteiger partial charge in [0, 0.05) is 0 Å². The summed E-state index contributed by atoms with van der Waals surface area (Å²) in [5.41, 5.74) is 1.42. The molecule has 2 heteroatoms. The Bertz CT molecular complexity index is 325. The highest BCUT2D eigenvalue weighted by atomic mass is 28.3. The smallest absolute Gasteiger partial charge is 0.219 e. The number of allylic oxidation sites excluding steroid dienone is 1. The molecule has 0 aliphatic rings. The van der Waals surface area contributed by atoms with Gasteiger partial charge in [0.15, 0.2) is 0 Å². The molecule has 0 spiro atoms. The predicted molar refractivity (Wildman–Crippen MR) is 78.2 cm³/mol. The van der Waals surface area contributed by atoms with Gasteiger partial charge >= 0.3 is 0 Å². The Labute approximate surface area is 109 Å². The summed E-state index contributed by atoms with van der Waals surface area (Å²) in [6.07, 6.45) is 1.79. The van der Waals surface area contributed by atoms with Crippen LogP contribution in [0.15, 0.2) is 24.8 Å². The third-order valence-electron chi connectivity index (χ3n) is 2.38. The average molecular weight is 249 g/mol. The van der Waals surface area contributed by atoms with E-state index >= 15 is 0 Å². The SMILES string of the molecule is C=CC(C)(C#CC(=C)C)O[Si](C(C)C)C(C)C. The van der Waals surface area contributed by atoms with Crippen molar-refractivity contribution in [2.75, 3.05) is 0 Å². The highest BCUT2D eigenvalue weighted by Crippen LogP contribution is 2.26. The Kier molecular flexibility index (Phi) is 6.52. The molecule has 1 unspecified atom stereocenters. The molecule has 17 heavy (non-hydrogen) atoms. The Morgan fingerprint density at radius 2 is 1.76 bits per heavy atom. The van der Waals surface area contributed by atoms with Crippen LogP contribution >= 0.6 is 0 Å². The van der Waals surface area contributed by atoms with Gasteiger partial charge in [0.05, 0.1) is 0 Å². The fourth-order valence-corrected chi connectivity index (χ4v) is 3.92. The van der Waals surface area contributed by atoms with E-state index in [2.05, 4.69) is 52.7 Å². The Morgan fingerprint density at radius 1 is 1.29 bits per heavy atom. The van der Waals surface area contributed by atoms with Crippen LogP contribution in [-0.2, 0) is 4.43 Å². The zero-order valence-corrected chi connectivity index (χ0v) is 13.1. The highest BCUT2D eigenvalue weighted by molar-refractivity contribution is 6.55. The van der Waals surface area contributed by atoms with Crippen molar-refractivity contribution in [2.45, 2.75) is 58.2 Å². The number of hydrogen-bond donors (Lipinski definition) is 0. The van der Waals surface area contributed by atoms with Crippen LogP contribution in [0.4, 0.5) is 0 Å². The van der Waals surface area contributed by atoms with Crippen LogP contribution in [0.3, 0.4) is 0 Å². The van der Waals surface area contributed by atoms with Crippen LogP contribution in [-0.4, -0.2) is 14.6 Å². The first-order valence-corrected chi connectivity index (χ1v) is 7.66. The van der Waals surface area contributed by atoms with E-state index in [1.54, 1.807) is 6.08 Å². The molecule has 0 aliphatic heterocycles. The van der Waals surface area contributed by atoms with Gasteiger partial charge in [-0.2, -0.15) is 0 Å². The Morgan fingerprint density at radius 3 is 2.06 bits per heavy atom. The lowest BCUT2D eigenvalue weighted by molar-refractivity contribution is 0.194. The Hall–Kier alpha value is -0.783. The van der Waals surface area contributed by atoms with Crippen molar-refractivity contribution >= 4 is 9.04 Å². The van der Waals surface area contributed by atoms with E-state index in [0.29, 0.717) is 11.1 Å². The molecule has 0 bridgehead atoms. The second-order valence-electron chi connectivity index (χ2n) is 5.16. The molecule has 0 rings (SSSR count). The summed E-state index contributed by atoms with van der Waals surface area (Å²) in [6, 6.07) is 0. The minimum Gasteiger partial charge on any atom is -0.397 e. The van der Waals surface area contributed by atoms with E-state index in [4.69, 9.17) is 4.43 Å². The van der Waals surface area contributed by atoms with Gasteiger partial charge in [0.25, 0.3) is 0 Å². The van der Waals surface area contributed by atoms with Gasteiger partial charge < -0.3 is 4.43 Å². The molecule has 1 radical (unpaired) electrons. The van der Waals surface area contributed by atoms with E-state index in [9.17, 15) is 0 Å². The van der Waals surface area contributed by atoms with Crippen molar-refractivity contribution in [2.24, 2.45) is 0 Å². The van der Waals surface area contributed by atoms with E-state index in [-0.39, 0.29) is 0 Å². The second kappa shape index (κ2) is 6.83. The van der Waals surface area contributed by atoms with Crippen LogP contribution in [0.5, 0.6) is 0 Å². The van der Waals surface area contributed by atoms with Gasteiger partial charge in [0.1, 0.15) is 5.60 Å². The summed E-state index contributed by atoms with van der Waals surface area (Å²) in [6.45, 7) is 20.4. The third kappa shape index (κ3) is 5.91. The lowest BCUT2D eigenvalue weighted by Crippen LogP contribution is -2.37. The fourth-order valence-electron chi connectivity index (χ4n) is 1.50. The molecule has 0 saturated carbocycles. The summed E-state index contributed by atoms with van der Waals surface area (Å²) in [7, 11) is -0.898. The molecule has 1 nitrogen and oxygen atoms in total. The monoisotopic (exact) mass is 249 g/mol. The van der Waals surface area contributed by atoms with E-state index in [1.807, 2.05) is 13.8 Å². The molecular formula is C15H25OSi. The molecule has 0 heterocycles. The number of hydrogen-bond acceptors (Lipinski definition) is 1. The summed E-state index contributed by atoms with van der Waals surface area (Å²) < 4.78 is 6.23. The first kappa shape index (κ1) is 16.2. The minimum absolute atomic E-state index is 0.554. The minimum atomic E-state index is -0.898. The first-order chi connectivity index (χ1) is 7.72. The van der Waals surface area contributed by atoms with Crippen LogP contribution < -0.4 is 0 Å². The van der Waals surface area contributed by atoms with Crippen molar-refractivity contribution < 1.29 is 4.43 Å². The lowest BCUT2D eigenvalue weighted by atomic mass is 10.1. The average Bonchev–Trinajstić information content (AvgIpc) is 2.22. The lowest BCUT2D eigenvalue weighted by Gasteiger charge is -2.30. The van der Waals surface area contributed by atoms with Crippen molar-refractivity contribution in [1.82, 2.24) is 0 Å². The maximum Gasteiger partial charge on any atom is 0.219 e. The van der Waals surface area contributed by atoms with E-state index in [0.717, 1.165) is 5.57 Å².